The topological polar surface area (TPSA) is 80.1 Å². The molecule has 0 radical (unpaired) electrons. The van der Waals surface area contributed by atoms with E-state index in [9.17, 15) is 9.90 Å². The van der Waals surface area contributed by atoms with E-state index in [2.05, 4.69) is 15.9 Å². The average Bonchev–Trinajstić information content (AvgIpc) is 3.11. The van der Waals surface area contributed by atoms with Gasteiger partial charge in [-0.2, -0.15) is 0 Å². The van der Waals surface area contributed by atoms with E-state index in [1.54, 1.807) is 18.3 Å². The van der Waals surface area contributed by atoms with Crippen LogP contribution < -0.4 is 5.56 Å². The lowest BCUT2D eigenvalue weighted by Gasteiger charge is -2.14. The maximum Gasteiger partial charge on any atom is 0.278 e. The molecule has 0 aliphatic carbocycles. The third-order valence-corrected chi connectivity index (χ3v) is 5.49. The number of aromatic hydroxyl groups is 1. The number of allylic oxidation sites excluding steroid dienone is 2. The molecule has 2 heterocycles. The van der Waals surface area contributed by atoms with Gasteiger partial charge in [-0.15, -0.1) is 6.42 Å². The second-order valence-electron chi connectivity index (χ2n) is 7.16. The Balaban J connectivity index is 1.91. The molecule has 0 amide bonds. The number of hydrogen-bond donors (Lipinski definition) is 2. The Hall–Kier alpha value is -3.95. The zero-order chi connectivity index (χ0) is 22.7. The molecule has 0 saturated heterocycles. The number of phenolic OH excluding ortho intramolecular Hbond substituents is 1. The van der Waals surface area contributed by atoms with Gasteiger partial charge in [0, 0.05) is 24.3 Å². The number of nitrogens with one attached hydrogen (secondary N) is 1. The summed E-state index contributed by atoms with van der Waals surface area (Å²) in [4.78, 5) is 21.2. The van der Waals surface area contributed by atoms with Gasteiger partial charge in [-0.1, -0.05) is 60.0 Å². The summed E-state index contributed by atoms with van der Waals surface area (Å²) < 4.78 is 6.76. The minimum absolute atomic E-state index is 0.0416. The van der Waals surface area contributed by atoms with Gasteiger partial charge in [0.15, 0.2) is 5.82 Å². The van der Waals surface area contributed by atoms with E-state index in [0.717, 1.165) is 11.3 Å². The van der Waals surface area contributed by atoms with Crippen molar-refractivity contribution < 1.29 is 9.84 Å². The van der Waals surface area contributed by atoms with E-state index in [1.165, 1.54) is 23.8 Å². The number of ether oxygens (including phenoxy) is 1. The van der Waals surface area contributed by atoms with Crippen LogP contribution in [0.4, 0.5) is 0 Å². The van der Waals surface area contributed by atoms with Crippen molar-refractivity contribution in [2.75, 3.05) is 7.11 Å². The second-order valence-corrected chi connectivity index (χ2v) is 7.54. The van der Waals surface area contributed by atoms with Gasteiger partial charge in [0.05, 0.1) is 29.9 Å². The summed E-state index contributed by atoms with van der Waals surface area (Å²) in [6.45, 7) is 0. The van der Waals surface area contributed by atoms with Crippen LogP contribution in [0.3, 0.4) is 0 Å². The van der Waals surface area contributed by atoms with Gasteiger partial charge in [0.2, 0.25) is 0 Å². The molecule has 7 heteroatoms. The van der Waals surface area contributed by atoms with Crippen LogP contribution in [0.2, 0.25) is 5.02 Å². The van der Waals surface area contributed by atoms with Crippen LogP contribution in [0.1, 0.15) is 17.0 Å². The molecule has 4 rings (SSSR count). The van der Waals surface area contributed by atoms with Gasteiger partial charge in [0.25, 0.3) is 5.56 Å². The highest BCUT2D eigenvalue weighted by Gasteiger charge is 2.22. The number of aromatic nitrogens is 3. The molecule has 0 saturated carbocycles. The average molecular weight is 446 g/mol. The molecule has 2 aliphatic heterocycles. The van der Waals surface area contributed by atoms with Crippen LogP contribution >= 0.6 is 11.6 Å². The molecule has 0 unspecified atom stereocenters. The first-order chi connectivity index (χ1) is 15.5. The smallest absolute Gasteiger partial charge is 0.278 e. The zero-order valence-corrected chi connectivity index (χ0v) is 18.1. The molecule has 32 heavy (non-hydrogen) atoms. The Morgan fingerprint density at radius 3 is 2.78 bits per heavy atom. The molecule has 2 aliphatic rings. The summed E-state index contributed by atoms with van der Waals surface area (Å²) in [6, 6.07) is 14.8. The van der Waals surface area contributed by atoms with Crippen molar-refractivity contribution in [2.45, 2.75) is 12.8 Å². The van der Waals surface area contributed by atoms with E-state index >= 15 is 0 Å². The molecule has 160 valence electrons. The largest absolute Gasteiger partial charge is 0.506 e. The summed E-state index contributed by atoms with van der Waals surface area (Å²) in [6.07, 6.45) is 9.15. The zero-order valence-electron chi connectivity index (χ0n) is 17.3. The van der Waals surface area contributed by atoms with Crippen molar-refractivity contribution in [3.63, 3.8) is 0 Å². The fourth-order valence-electron chi connectivity index (χ4n) is 3.52. The second kappa shape index (κ2) is 9.04. The highest BCUT2D eigenvalue weighted by Crippen LogP contribution is 2.34. The SMILES string of the molecule is C#C/C=C(/Cc1nc2c(Cc3ccccc3)[nH]c(-c3cccc(O)c3Cl)cn-2c1=O)OC. The summed E-state index contributed by atoms with van der Waals surface area (Å²) in [5, 5.41) is 10.2. The maximum atomic E-state index is 13.2. The van der Waals surface area contributed by atoms with Crippen LogP contribution in [-0.4, -0.2) is 26.8 Å². The number of H-pyrrole nitrogens is 1. The first-order valence-corrected chi connectivity index (χ1v) is 10.2. The third-order valence-electron chi connectivity index (χ3n) is 5.09. The number of fused-ring (bicyclic) bond motifs is 1. The highest BCUT2D eigenvalue weighted by molar-refractivity contribution is 6.34. The Labute approximate surface area is 190 Å². The monoisotopic (exact) mass is 445 g/mol. The molecule has 2 N–H and O–H groups in total. The van der Waals surface area contributed by atoms with Crippen molar-refractivity contribution in [3.05, 3.63) is 98.9 Å². The molecule has 0 bridgehead atoms. The first kappa shape index (κ1) is 21.3. The van der Waals surface area contributed by atoms with Crippen molar-refractivity contribution in [2.24, 2.45) is 0 Å². The lowest BCUT2D eigenvalue weighted by Crippen LogP contribution is -2.18. The number of benzene rings is 2. The van der Waals surface area contributed by atoms with Gasteiger partial charge in [-0.3, -0.25) is 9.36 Å². The van der Waals surface area contributed by atoms with Crippen LogP contribution in [0.5, 0.6) is 5.75 Å². The summed E-state index contributed by atoms with van der Waals surface area (Å²) in [5.41, 5.74) is 2.97. The molecule has 2 aromatic rings. The van der Waals surface area contributed by atoms with Gasteiger partial charge in [0.1, 0.15) is 17.2 Å². The number of rotatable bonds is 6. The quantitative estimate of drug-likeness (QED) is 0.342. The van der Waals surface area contributed by atoms with Crippen molar-refractivity contribution in [1.29, 1.82) is 0 Å². The van der Waals surface area contributed by atoms with Crippen LogP contribution in [0.15, 0.2) is 71.4 Å². The van der Waals surface area contributed by atoms with Crippen LogP contribution in [-0.2, 0) is 17.6 Å². The summed E-state index contributed by atoms with van der Waals surface area (Å²) in [5.74, 6) is 3.34. The predicted octanol–water partition coefficient (Wildman–Crippen LogP) is 4.32. The molecular weight excluding hydrogens is 426 g/mol. The fourth-order valence-corrected chi connectivity index (χ4v) is 3.75. The maximum absolute atomic E-state index is 13.2. The van der Waals surface area contributed by atoms with Gasteiger partial charge < -0.3 is 14.8 Å². The number of hydrogen-bond acceptors (Lipinski definition) is 4. The van der Waals surface area contributed by atoms with E-state index in [1.807, 2.05) is 30.3 Å². The van der Waals surface area contributed by atoms with Crippen molar-refractivity contribution in [3.8, 4) is 35.2 Å². The van der Waals surface area contributed by atoms with Crippen LogP contribution in [0, 0.1) is 12.3 Å². The lowest BCUT2D eigenvalue weighted by molar-refractivity contribution is 0.283. The molecule has 2 aromatic carbocycles. The number of nitrogens with zero attached hydrogens (tertiary/aromatic N) is 2. The molecule has 6 nitrogen and oxygen atoms in total. The minimum atomic E-state index is -0.277. The number of phenols is 1. The molecule has 0 spiro atoms. The van der Waals surface area contributed by atoms with Gasteiger partial charge in [-0.05, 0) is 11.6 Å². The molecule has 0 aromatic heterocycles. The van der Waals surface area contributed by atoms with E-state index in [4.69, 9.17) is 22.8 Å². The van der Waals surface area contributed by atoms with Crippen molar-refractivity contribution in [1.82, 2.24) is 14.5 Å². The fraction of sp³-hybridized carbons (Fsp3) is 0.120. The number of halogens is 1. The van der Waals surface area contributed by atoms with E-state index in [-0.39, 0.29) is 22.8 Å². The highest BCUT2D eigenvalue weighted by atomic mass is 35.5. The molecule has 0 atom stereocenters. The Morgan fingerprint density at radius 1 is 1.28 bits per heavy atom. The number of methoxy groups -OCH3 is 1. The Kier molecular flexibility index (Phi) is 6.02. The molecule has 0 fully saturated rings. The van der Waals surface area contributed by atoms with Crippen molar-refractivity contribution >= 4 is 11.6 Å². The number of imidazole rings is 1. The number of terminal acetylenes is 1. The van der Waals surface area contributed by atoms with Gasteiger partial charge in [-0.25, -0.2) is 4.98 Å². The minimum Gasteiger partial charge on any atom is -0.506 e. The molecular formula is C25H20ClN3O3. The first-order valence-electron chi connectivity index (χ1n) is 9.86. The summed E-state index contributed by atoms with van der Waals surface area (Å²) in [7, 11) is 1.50. The van der Waals surface area contributed by atoms with Crippen LogP contribution in [0.25, 0.3) is 17.1 Å². The van der Waals surface area contributed by atoms with E-state index < -0.39 is 0 Å². The summed E-state index contributed by atoms with van der Waals surface area (Å²) >= 11 is 6.34. The lowest BCUT2D eigenvalue weighted by atomic mass is 10.1. The normalized spacial score (nSPS) is 11.5. The van der Waals surface area contributed by atoms with E-state index in [0.29, 0.717) is 34.9 Å². The predicted molar refractivity (Wildman–Crippen MR) is 124 cm³/mol. The van der Waals surface area contributed by atoms with Gasteiger partial charge >= 0.3 is 0 Å². The Bertz CT molecular complexity index is 1360. The Morgan fingerprint density at radius 2 is 2.06 bits per heavy atom. The third kappa shape index (κ3) is 4.11. The standard InChI is InChI=1S/C25H20ClN3O3/c1-3-8-17(32-2)14-20-25(31)29-15-21(18-11-7-12-22(30)23(18)26)27-19(24(29)28-20)13-16-9-5-4-6-10-16/h1,4-12,15,27,30H,13-14H2,2H3/b17-8-. The number of aromatic amines is 1.